The Hall–Kier alpha value is -2.87. The Morgan fingerprint density at radius 1 is 1.13 bits per heavy atom. The second kappa shape index (κ2) is 10.2. The molecule has 2 heterocycles. The molecule has 0 atom stereocenters. The standard InChI is InChI=1S/C22H30N4O4/c1-4-20(27)25-11-9-24(10-12-25)19-16-23-26(18-8-6-7-17(3)15-18)22(28)21(19)30-14-13-29-5-2/h6-8,15-16H,4-5,9-14H2,1-3H3. The van der Waals surface area contributed by atoms with Crippen molar-refractivity contribution in [3.63, 3.8) is 0 Å². The van der Waals surface area contributed by atoms with Gasteiger partial charge in [-0.05, 0) is 31.5 Å². The topological polar surface area (TPSA) is 76.9 Å². The van der Waals surface area contributed by atoms with Gasteiger partial charge in [0.25, 0.3) is 0 Å². The molecule has 0 bridgehead atoms. The summed E-state index contributed by atoms with van der Waals surface area (Å²) in [5.41, 5.74) is 2.09. The van der Waals surface area contributed by atoms with Crippen molar-refractivity contribution in [3.05, 3.63) is 46.4 Å². The molecule has 1 aromatic carbocycles. The smallest absolute Gasteiger partial charge is 0.316 e. The Kier molecular flexibility index (Phi) is 7.46. The highest BCUT2D eigenvalue weighted by Gasteiger charge is 2.25. The van der Waals surface area contributed by atoms with E-state index in [1.807, 2.05) is 49.9 Å². The van der Waals surface area contributed by atoms with Gasteiger partial charge >= 0.3 is 5.56 Å². The van der Waals surface area contributed by atoms with Crippen molar-refractivity contribution in [2.45, 2.75) is 27.2 Å². The lowest BCUT2D eigenvalue weighted by Gasteiger charge is -2.36. The molecule has 0 saturated carbocycles. The van der Waals surface area contributed by atoms with Crippen LogP contribution in [0.25, 0.3) is 5.69 Å². The van der Waals surface area contributed by atoms with Crippen LogP contribution in [-0.2, 0) is 9.53 Å². The lowest BCUT2D eigenvalue weighted by molar-refractivity contribution is -0.131. The monoisotopic (exact) mass is 414 g/mol. The number of benzene rings is 1. The maximum Gasteiger partial charge on any atom is 0.316 e. The molecular formula is C22H30N4O4. The molecule has 30 heavy (non-hydrogen) atoms. The largest absolute Gasteiger partial charge is 0.484 e. The average Bonchev–Trinajstić information content (AvgIpc) is 2.77. The minimum absolute atomic E-state index is 0.149. The van der Waals surface area contributed by atoms with Crippen LogP contribution >= 0.6 is 0 Å². The predicted molar refractivity (Wildman–Crippen MR) is 116 cm³/mol. The second-order valence-electron chi connectivity index (χ2n) is 7.18. The van der Waals surface area contributed by atoms with Crippen LogP contribution in [0.5, 0.6) is 5.75 Å². The van der Waals surface area contributed by atoms with Gasteiger partial charge in [-0.15, -0.1) is 0 Å². The van der Waals surface area contributed by atoms with Gasteiger partial charge in [0.15, 0.2) is 0 Å². The van der Waals surface area contributed by atoms with Gasteiger partial charge in [-0.25, -0.2) is 0 Å². The number of anilines is 1. The Bertz CT molecular complexity index is 920. The molecule has 3 rings (SSSR count). The lowest BCUT2D eigenvalue weighted by Crippen LogP contribution is -2.49. The summed E-state index contributed by atoms with van der Waals surface area (Å²) in [6, 6.07) is 7.62. The van der Waals surface area contributed by atoms with E-state index < -0.39 is 0 Å². The third-order valence-corrected chi connectivity index (χ3v) is 5.11. The van der Waals surface area contributed by atoms with Crippen molar-refractivity contribution in [2.24, 2.45) is 0 Å². The molecule has 1 aliphatic heterocycles. The summed E-state index contributed by atoms with van der Waals surface area (Å²) >= 11 is 0. The third kappa shape index (κ3) is 4.99. The molecule has 0 unspecified atom stereocenters. The molecule has 0 aliphatic carbocycles. The average molecular weight is 415 g/mol. The van der Waals surface area contributed by atoms with Crippen LogP contribution in [0.1, 0.15) is 25.8 Å². The number of piperazine rings is 1. The fourth-order valence-corrected chi connectivity index (χ4v) is 3.50. The zero-order valence-electron chi connectivity index (χ0n) is 18.0. The minimum atomic E-state index is -0.304. The number of amides is 1. The Labute approximate surface area is 177 Å². The number of hydrogen-bond donors (Lipinski definition) is 0. The fourth-order valence-electron chi connectivity index (χ4n) is 3.50. The van der Waals surface area contributed by atoms with Gasteiger partial charge in [0.05, 0.1) is 18.5 Å². The first-order chi connectivity index (χ1) is 14.5. The van der Waals surface area contributed by atoms with E-state index >= 15 is 0 Å². The first-order valence-electron chi connectivity index (χ1n) is 10.5. The van der Waals surface area contributed by atoms with Crippen LogP contribution < -0.4 is 15.2 Å². The van der Waals surface area contributed by atoms with E-state index in [4.69, 9.17) is 9.47 Å². The van der Waals surface area contributed by atoms with E-state index in [-0.39, 0.29) is 23.8 Å². The molecule has 8 nitrogen and oxygen atoms in total. The van der Waals surface area contributed by atoms with Crippen molar-refractivity contribution in [1.29, 1.82) is 0 Å². The molecule has 0 N–H and O–H groups in total. The van der Waals surface area contributed by atoms with Crippen LogP contribution in [0.4, 0.5) is 5.69 Å². The van der Waals surface area contributed by atoms with Gasteiger partial charge in [0.2, 0.25) is 11.7 Å². The Morgan fingerprint density at radius 3 is 2.57 bits per heavy atom. The maximum absolute atomic E-state index is 13.3. The molecule has 162 valence electrons. The molecular weight excluding hydrogens is 384 g/mol. The third-order valence-electron chi connectivity index (χ3n) is 5.11. The van der Waals surface area contributed by atoms with Gasteiger partial charge < -0.3 is 19.3 Å². The highest BCUT2D eigenvalue weighted by molar-refractivity contribution is 5.76. The summed E-state index contributed by atoms with van der Waals surface area (Å²) in [5, 5.41) is 4.41. The normalized spacial score (nSPS) is 14.1. The highest BCUT2D eigenvalue weighted by atomic mass is 16.5. The first-order valence-corrected chi connectivity index (χ1v) is 10.5. The first kappa shape index (κ1) is 21.8. The maximum atomic E-state index is 13.3. The zero-order chi connectivity index (χ0) is 21.5. The molecule has 1 amide bonds. The summed E-state index contributed by atoms with van der Waals surface area (Å²) in [6.45, 7) is 9.52. The zero-order valence-corrected chi connectivity index (χ0v) is 18.0. The summed E-state index contributed by atoms with van der Waals surface area (Å²) in [7, 11) is 0. The number of aromatic nitrogens is 2. The lowest BCUT2D eigenvalue weighted by atomic mass is 10.2. The molecule has 1 aliphatic rings. The molecule has 1 aromatic heterocycles. The van der Waals surface area contributed by atoms with Crippen LogP contribution in [0.2, 0.25) is 0 Å². The molecule has 2 aromatic rings. The number of rotatable bonds is 8. The van der Waals surface area contributed by atoms with Crippen molar-refractivity contribution >= 4 is 11.6 Å². The summed E-state index contributed by atoms with van der Waals surface area (Å²) in [6.07, 6.45) is 2.18. The number of carbonyl (C=O) groups is 1. The van der Waals surface area contributed by atoms with E-state index in [1.165, 1.54) is 4.68 Å². The molecule has 8 heteroatoms. The van der Waals surface area contributed by atoms with E-state index in [0.29, 0.717) is 57.2 Å². The number of carbonyl (C=O) groups excluding carboxylic acids is 1. The van der Waals surface area contributed by atoms with E-state index in [9.17, 15) is 9.59 Å². The van der Waals surface area contributed by atoms with E-state index in [2.05, 4.69) is 10.00 Å². The molecule has 1 saturated heterocycles. The van der Waals surface area contributed by atoms with Crippen LogP contribution in [0.3, 0.4) is 0 Å². The number of nitrogens with zero attached hydrogens (tertiary/aromatic N) is 4. The second-order valence-corrected chi connectivity index (χ2v) is 7.18. The number of aryl methyl sites for hydroxylation is 1. The van der Waals surface area contributed by atoms with Crippen LogP contribution in [0.15, 0.2) is 35.3 Å². The van der Waals surface area contributed by atoms with Gasteiger partial charge in [-0.1, -0.05) is 19.1 Å². The number of hydrogen-bond acceptors (Lipinski definition) is 6. The van der Waals surface area contributed by atoms with Crippen molar-refractivity contribution in [2.75, 3.05) is 50.9 Å². The summed E-state index contributed by atoms with van der Waals surface area (Å²) < 4.78 is 12.6. The van der Waals surface area contributed by atoms with Gasteiger partial charge in [-0.3, -0.25) is 9.59 Å². The molecule has 0 spiro atoms. The highest BCUT2D eigenvalue weighted by Crippen LogP contribution is 2.25. The quantitative estimate of drug-likeness (QED) is 0.615. The SMILES string of the molecule is CCOCCOc1c(N2CCN(C(=O)CC)CC2)cnn(-c2cccc(C)c2)c1=O. The van der Waals surface area contributed by atoms with Crippen molar-refractivity contribution in [1.82, 2.24) is 14.7 Å². The van der Waals surface area contributed by atoms with Crippen molar-refractivity contribution in [3.8, 4) is 11.4 Å². The Balaban J connectivity index is 1.89. The molecule has 1 fully saturated rings. The minimum Gasteiger partial charge on any atom is -0.484 e. The fraction of sp³-hybridized carbons (Fsp3) is 0.500. The summed E-state index contributed by atoms with van der Waals surface area (Å²) in [4.78, 5) is 29.2. The van der Waals surface area contributed by atoms with Crippen LogP contribution in [-0.4, -0.2) is 66.6 Å². The Morgan fingerprint density at radius 2 is 1.90 bits per heavy atom. The van der Waals surface area contributed by atoms with Gasteiger partial charge in [0, 0.05) is 39.2 Å². The number of ether oxygens (including phenoxy) is 2. The molecule has 0 radical (unpaired) electrons. The van der Waals surface area contributed by atoms with Gasteiger partial charge in [0.1, 0.15) is 12.3 Å². The van der Waals surface area contributed by atoms with Gasteiger partial charge in [-0.2, -0.15) is 9.78 Å². The summed E-state index contributed by atoms with van der Waals surface area (Å²) in [5.74, 6) is 0.414. The van der Waals surface area contributed by atoms with E-state index in [0.717, 1.165) is 5.56 Å². The van der Waals surface area contributed by atoms with Crippen molar-refractivity contribution < 1.29 is 14.3 Å². The predicted octanol–water partition coefficient (Wildman–Crippen LogP) is 2.01. The van der Waals surface area contributed by atoms with Crippen LogP contribution in [0, 0.1) is 6.92 Å². The van der Waals surface area contributed by atoms with E-state index in [1.54, 1.807) is 6.20 Å².